The van der Waals surface area contributed by atoms with E-state index < -0.39 is 0 Å². The largest absolute Gasteiger partial charge is 0.497 e. The highest BCUT2D eigenvalue weighted by atomic mass is 32.2. The summed E-state index contributed by atoms with van der Waals surface area (Å²) < 4.78 is 8.62. The highest BCUT2D eigenvalue weighted by molar-refractivity contribution is 7.97. The van der Waals surface area contributed by atoms with Gasteiger partial charge in [-0.2, -0.15) is 0 Å². The fourth-order valence-electron chi connectivity index (χ4n) is 2.43. The minimum Gasteiger partial charge on any atom is -0.497 e. The van der Waals surface area contributed by atoms with Crippen molar-refractivity contribution in [3.05, 3.63) is 60.4 Å². The average molecular weight is 359 g/mol. The normalized spacial score (nSPS) is 12.9. The summed E-state index contributed by atoms with van der Waals surface area (Å²) in [5.74, 6) is 6.74. The zero-order chi connectivity index (χ0) is 18.2. The molecule has 0 aromatic heterocycles. The number of ether oxygens (including phenoxy) is 1. The molecule has 25 heavy (non-hydrogen) atoms. The van der Waals surface area contributed by atoms with Crippen LogP contribution < -0.4 is 26.5 Å². The van der Waals surface area contributed by atoms with E-state index >= 15 is 0 Å². The summed E-state index contributed by atoms with van der Waals surface area (Å²) in [5, 5.41) is 0. The number of nitrogens with one attached hydrogen (secondary N) is 2. The summed E-state index contributed by atoms with van der Waals surface area (Å²) in [4.78, 5) is 1.12. The van der Waals surface area contributed by atoms with Gasteiger partial charge in [0.1, 0.15) is 5.75 Å². The number of hydrazine groups is 1. The predicted octanol–water partition coefficient (Wildman–Crippen LogP) is 3.25. The minimum atomic E-state index is 0.0428. The maximum atomic E-state index is 5.63. The van der Waals surface area contributed by atoms with Gasteiger partial charge in [-0.15, -0.1) is 0 Å². The van der Waals surface area contributed by atoms with Crippen molar-refractivity contribution in [3.8, 4) is 16.9 Å². The van der Waals surface area contributed by atoms with E-state index in [0.717, 1.165) is 21.9 Å². The van der Waals surface area contributed by atoms with Crippen LogP contribution in [-0.4, -0.2) is 13.2 Å². The molecule has 1 unspecified atom stereocenters. The quantitative estimate of drug-likeness (QED) is 0.329. The molecule has 0 saturated heterocycles. The van der Waals surface area contributed by atoms with Crippen LogP contribution in [0.2, 0.25) is 0 Å². The first-order valence-corrected chi connectivity index (χ1v) is 8.96. The molecule has 0 spiro atoms. The van der Waals surface area contributed by atoms with Crippen molar-refractivity contribution in [3.63, 3.8) is 0 Å². The minimum absolute atomic E-state index is 0.0428. The molecule has 1 atom stereocenters. The van der Waals surface area contributed by atoms with E-state index in [4.69, 9.17) is 16.3 Å². The van der Waals surface area contributed by atoms with Gasteiger partial charge in [0.05, 0.1) is 18.8 Å². The fourth-order valence-corrected chi connectivity index (χ4v) is 3.37. The molecular formula is C19H26N4OS. The zero-order valence-electron chi connectivity index (χ0n) is 14.8. The summed E-state index contributed by atoms with van der Waals surface area (Å²) in [6.45, 7) is 4.23. The first-order chi connectivity index (χ1) is 12.1. The molecule has 0 heterocycles. The van der Waals surface area contributed by atoms with Gasteiger partial charge in [0.2, 0.25) is 0 Å². The molecule has 0 bridgehead atoms. The summed E-state index contributed by atoms with van der Waals surface area (Å²) >= 11 is 1.56. The Balaban J connectivity index is 2.04. The van der Waals surface area contributed by atoms with E-state index in [1.54, 1.807) is 19.1 Å². The monoisotopic (exact) mass is 358 g/mol. The van der Waals surface area contributed by atoms with Crippen LogP contribution in [0.5, 0.6) is 5.75 Å². The van der Waals surface area contributed by atoms with Crippen LogP contribution in [0.15, 0.2) is 65.3 Å². The van der Waals surface area contributed by atoms with E-state index in [-0.39, 0.29) is 6.04 Å². The molecule has 0 aliphatic heterocycles. The van der Waals surface area contributed by atoms with Crippen LogP contribution in [0.3, 0.4) is 0 Å². The number of benzene rings is 2. The molecule has 0 amide bonds. The Hall–Kier alpha value is -2.15. The van der Waals surface area contributed by atoms with Gasteiger partial charge < -0.3 is 15.9 Å². The third-order valence-corrected chi connectivity index (χ3v) is 4.81. The maximum absolute atomic E-state index is 5.63. The molecule has 6 N–H and O–H groups in total. The van der Waals surface area contributed by atoms with E-state index in [0.29, 0.717) is 5.92 Å². The number of hydrogen-bond acceptors (Lipinski definition) is 6. The van der Waals surface area contributed by atoms with Crippen LogP contribution >= 0.6 is 11.9 Å². The van der Waals surface area contributed by atoms with Gasteiger partial charge in [0.25, 0.3) is 0 Å². The second kappa shape index (κ2) is 9.36. The molecular weight excluding hydrogens is 332 g/mol. The third-order valence-electron chi connectivity index (χ3n) is 3.93. The highest BCUT2D eigenvalue weighted by Crippen LogP contribution is 2.26. The van der Waals surface area contributed by atoms with Crippen molar-refractivity contribution in [2.45, 2.75) is 24.8 Å². The van der Waals surface area contributed by atoms with Crippen LogP contribution in [0.25, 0.3) is 11.1 Å². The molecule has 5 nitrogen and oxygen atoms in total. The van der Waals surface area contributed by atoms with Crippen molar-refractivity contribution < 1.29 is 4.74 Å². The summed E-state index contributed by atoms with van der Waals surface area (Å²) in [6.07, 6.45) is 1.50. The smallest absolute Gasteiger partial charge is 0.118 e. The second-order valence-corrected chi connectivity index (χ2v) is 6.87. The molecule has 0 fully saturated rings. The molecule has 2 aromatic rings. The van der Waals surface area contributed by atoms with Crippen LogP contribution in [0.1, 0.15) is 13.8 Å². The zero-order valence-corrected chi connectivity index (χ0v) is 15.6. The number of methoxy groups -OCH3 is 1. The lowest BCUT2D eigenvalue weighted by atomic mass is 10.0. The lowest BCUT2D eigenvalue weighted by Crippen LogP contribution is -2.40. The first kappa shape index (κ1) is 19.2. The molecule has 0 radical (unpaired) electrons. The SMILES string of the molecule is COc1ccc(-c2ccc(SNC(/C(=C/N)NN)C(C)C)cc2)cc1. The van der Waals surface area contributed by atoms with Gasteiger partial charge in [-0.3, -0.25) is 10.6 Å². The Morgan fingerprint density at radius 1 is 1.04 bits per heavy atom. The van der Waals surface area contributed by atoms with Gasteiger partial charge in [0.15, 0.2) is 0 Å². The Labute approximate surface area is 153 Å². The summed E-state index contributed by atoms with van der Waals surface area (Å²) in [7, 11) is 1.67. The number of rotatable bonds is 8. The lowest BCUT2D eigenvalue weighted by Gasteiger charge is -2.24. The van der Waals surface area contributed by atoms with Gasteiger partial charge in [-0.1, -0.05) is 38.1 Å². The third kappa shape index (κ3) is 5.16. The number of hydrogen-bond donors (Lipinski definition) is 4. The van der Waals surface area contributed by atoms with Crippen LogP contribution in [0, 0.1) is 5.92 Å². The molecule has 0 saturated carbocycles. The summed E-state index contributed by atoms with van der Waals surface area (Å²) in [6, 6.07) is 16.5. The predicted molar refractivity (Wildman–Crippen MR) is 106 cm³/mol. The molecule has 0 aliphatic rings. The van der Waals surface area contributed by atoms with E-state index in [9.17, 15) is 0 Å². The van der Waals surface area contributed by atoms with Crippen LogP contribution in [-0.2, 0) is 0 Å². The van der Waals surface area contributed by atoms with E-state index in [2.05, 4.69) is 60.4 Å². The molecule has 2 rings (SSSR count). The highest BCUT2D eigenvalue weighted by Gasteiger charge is 2.17. The lowest BCUT2D eigenvalue weighted by molar-refractivity contribution is 0.415. The van der Waals surface area contributed by atoms with Gasteiger partial charge in [-0.25, -0.2) is 0 Å². The van der Waals surface area contributed by atoms with Crippen molar-refractivity contribution in [1.29, 1.82) is 0 Å². The van der Waals surface area contributed by atoms with E-state index in [1.807, 2.05) is 12.1 Å². The fraction of sp³-hybridized carbons (Fsp3) is 0.263. The maximum Gasteiger partial charge on any atom is 0.118 e. The second-order valence-electron chi connectivity index (χ2n) is 5.96. The Morgan fingerprint density at radius 2 is 1.60 bits per heavy atom. The Kier molecular flexibility index (Phi) is 7.18. The van der Waals surface area contributed by atoms with Crippen molar-refractivity contribution in [2.75, 3.05) is 7.11 Å². The number of nitrogens with two attached hydrogens (primary N) is 2. The summed E-state index contributed by atoms with van der Waals surface area (Å²) in [5.41, 5.74) is 11.4. The van der Waals surface area contributed by atoms with Crippen molar-refractivity contribution in [1.82, 2.24) is 10.1 Å². The van der Waals surface area contributed by atoms with Crippen molar-refractivity contribution >= 4 is 11.9 Å². The average Bonchev–Trinajstić information content (AvgIpc) is 2.65. The van der Waals surface area contributed by atoms with Crippen LogP contribution in [0.4, 0.5) is 0 Å². The Morgan fingerprint density at radius 3 is 2.04 bits per heavy atom. The first-order valence-electron chi connectivity index (χ1n) is 8.14. The molecule has 6 heteroatoms. The van der Waals surface area contributed by atoms with Gasteiger partial charge in [-0.05, 0) is 53.3 Å². The molecule has 0 aliphatic carbocycles. The standard InChI is InChI=1S/C19H26N4OS/c1-13(2)19(18(12-20)22-21)23-25-17-10-6-15(7-11-17)14-4-8-16(24-3)9-5-14/h4-13,19,22-23H,20-21H2,1-3H3/b18-12-. The topological polar surface area (TPSA) is 85.3 Å². The van der Waals surface area contributed by atoms with Gasteiger partial charge in [0, 0.05) is 11.1 Å². The Bertz CT molecular complexity index is 684. The van der Waals surface area contributed by atoms with Crippen molar-refractivity contribution in [2.24, 2.45) is 17.5 Å². The molecule has 2 aromatic carbocycles. The van der Waals surface area contributed by atoms with Gasteiger partial charge >= 0.3 is 0 Å². The van der Waals surface area contributed by atoms with E-state index in [1.165, 1.54) is 11.8 Å². The molecule has 134 valence electrons.